The van der Waals surface area contributed by atoms with Gasteiger partial charge in [0.2, 0.25) is 0 Å². The number of methoxy groups -OCH3 is 1. The van der Waals surface area contributed by atoms with E-state index in [0.717, 1.165) is 19.3 Å². The molecular weight excluding hydrogens is 176 g/mol. The molecule has 0 radical (unpaired) electrons. The zero-order valence-electron chi connectivity index (χ0n) is 9.32. The van der Waals surface area contributed by atoms with E-state index >= 15 is 0 Å². The van der Waals surface area contributed by atoms with Gasteiger partial charge in [0, 0.05) is 0 Å². The molecule has 0 fully saturated rings. The zero-order chi connectivity index (χ0) is 10.6. The summed E-state index contributed by atoms with van der Waals surface area (Å²) in [6, 6.07) is 0. The number of carbonyl (C=O) groups is 1. The third-order valence-electron chi connectivity index (χ3n) is 3.36. The fourth-order valence-electron chi connectivity index (χ4n) is 2.06. The SMILES string of the molecule is COC(=O)C1CCC=CC[C@@H](C)C1C. The van der Waals surface area contributed by atoms with Crippen LogP contribution in [0.4, 0.5) is 0 Å². The molecule has 0 aliphatic heterocycles. The van der Waals surface area contributed by atoms with Crippen molar-refractivity contribution >= 4 is 5.97 Å². The van der Waals surface area contributed by atoms with E-state index in [1.165, 1.54) is 7.11 Å². The highest BCUT2D eigenvalue weighted by Gasteiger charge is 2.29. The number of allylic oxidation sites excluding steroid dienone is 2. The topological polar surface area (TPSA) is 26.3 Å². The highest BCUT2D eigenvalue weighted by atomic mass is 16.5. The Morgan fingerprint density at radius 2 is 2.07 bits per heavy atom. The van der Waals surface area contributed by atoms with Crippen molar-refractivity contribution in [3.05, 3.63) is 12.2 Å². The quantitative estimate of drug-likeness (QED) is 0.476. The van der Waals surface area contributed by atoms with Gasteiger partial charge in [-0.3, -0.25) is 4.79 Å². The van der Waals surface area contributed by atoms with Crippen LogP contribution in [0.5, 0.6) is 0 Å². The molecule has 1 aliphatic carbocycles. The minimum Gasteiger partial charge on any atom is -0.469 e. The van der Waals surface area contributed by atoms with Crippen LogP contribution in [0.15, 0.2) is 12.2 Å². The van der Waals surface area contributed by atoms with Crippen molar-refractivity contribution in [2.45, 2.75) is 33.1 Å². The predicted molar refractivity (Wildman–Crippen MR) is 56.8 cm³/mol. The van der Waals surface area contributed by atoms with Crippen molar-refractivity contribution in [2.75, 3.05) is 7.11 Å². The molecule has 80 valence electrons. The van der Waals surface area contributed by atoms with Crippen molar-refractivity contribution < 1.29 is 9.53 Å². The first-order chi connectivity index (χ1) is 6.66. The van der Waals surface area contributed by atoms with Gasteiger partial charge >= 0.3 is 5.97 Å². The summed E-state index contributed by atoms with van der Waals surface area (Å²) in [5.74, 6) is 1.03. The van der Waals surface area contributed by atoms with Crippen LogP contribution in [0.25, 0.3) is 0 Å². The van der Waals surface area contributed by atoms with E-state index < -0.39 is 0 Å². The maximum Gasteiger partial charge on any atom is 0.308 e. The van der Waals surface area contributed by atoms with Gasteiger partial charge in [-0.2, -0.15) is 0 Å². The third kappa shape index (κ3) is 2.60. The van der Waals surface area contributed by atoms with Crippen LogP contribution in [-0.4, -0.2) is 13.1 Å². The van der Waals surface area contributed by atoms with Crippen LogP contribution in [0.2, 0.25) is 0 Å². The molecule has 0 aromatic heterocycles. The number of esters is 1. The molecule has 1 rings (SSSR count). The van der Waals surface area contributed by atoms with E-state index in [0.29, 0.717) is 11.8 Å². The number of ether oxygens (including phenoxy) is 1. The van der Waals surface area contributed by atoms with E-state index in [-0.39, 0.29) is 11.9 Å². The summed E-state index contributed by atoms with van der Waals surface area (Å²) in [5.41, 5.74) is 0. The Morgan fingerprint density at radius 1 is 1.36 bits per heavy atom. The first-order valence-corrected chi connectivity index (χ1v) is 5.39. The molecule has 2 heteroatoms. The Kier molecular flexibility index (Phi) is 4.18. The number of rotatable bonds is 1. The van der Waals surface area contributed by atoms with Gasteiger partial charge in [-0.1, -0.05) is 26.0 Å². The molecule has 3 atom stereocenters. The van der Waals surface area contributed by atoms with Gasteiger partial charge in [-0.25, -0.2) is 0 Å². The van der Waals surface area contributed by atoms with Crippen LogP contribution in [0.1, 0.15) is 33.1 Å². The second-order valence-electron chi connectivity index (χ2n) is 4.25. The largest absolute Gasteiger partial charge is 0.469 e. The maximum atomic E-state index is 11.5. The van der Waals surface area contributed by atoms with E-state index in [4.69, 9.17) is 4.74 Å². The fraction of sp³-hybridized carbons (Fsp3) is 0.750. The summed E-state index contributed by atoms with van der Waals surface area (Å²) >= 11 is 0. The Labute approximate surface area is 86.3 Å². The summed E-state index contributed by atoms with van der Waals surface area (Å²) in [6.45, 7) is 4.36. The van der Waals surface area contributed by atoms with Crippen molar-refractivity contribution in [3.63, 3.8) is 0 Å². The molecule has 2 unspecified atom stereocenters. The van der Waals surface area contributed by atoms with E-state index in [1.54, 1.807) is 0 Å². The molecule has 2 nitrogen and oxygen atoms in total. The maximum absolute atomic E-state index is 11.5. The second kappa shape index (κ2) is 5.18. The average molecular weight is 196 g/mol. The smallest absolute Gasteiger partial charge is 0.308 e. The molecule has 1 aliphatic rings. The number of carbonyl (C=O) groups excluding carboxylic acids is 1. The highest BCUT2D eigenvalue weighted by Crippen LogP contribution is 2.30. The van der Waals surface area contributed by atoms with Gasteiger partial charge in [-0.15, -0.1) is 0 Å². The van der Waals surface area contributed by atoms with E-state index in [2.05, 4.69) is 26.0 Å². The number of hydrogen-bond acceptors (Lipinski definition) is 2. The lowest BCUT2D eigenvalue weighted by atomic mass is 9.78. The summed E-state index contributed by atoms with van der Waals surface area (Å²) in [6.07, 6.45) is 7.41. The zero-order valence-corrected chi connectivity index (χ0v) is 9.32. The van der Waals surface area contributed by atoms with Crippen molar-refractivity contribution in [3.8, 4) is 0 Å². The van der Waals surface area contributed by atoms with Crippen molar-refractivity contribution in [2.24, 2.45) is 17.8 Å². The van der Waals surface area contributed by atoms with Gasteiger partial charge in [-0.05, 0) is 31.1 Å². The summed E-state index contributed by atoms with van der Waals surface area (Å²) in [5, 5.41) is 0. The van der Waals surface area contributed by atoms with Gasteiger partial charge in [0.1, 0.15) is 0 Å². The molecular formula is C12H20O2. The summed E-state index contributed by atoms with van der Waals surface area (Å²) in [7, 11) is 1.48. The normalized spacial score (nSPS) is 33.2. The van der Waals surface area contributed by atoms with E-state index in [1.807, 2.05) is 0 Å². The first-order valence-electron chi connectivity index (χ1n) is 5.39. The molecule has 0 saturated carbocycles. The molecule has 14 heavy (non-hydrogen) atoms. The minimum atomic E-state index is -0.0420. The van der Waals surface area contributed by atoms with Crippen LogP contribution >= 0.6 is 0 Å². The molecule has 0 bridgehead atoms. The fourth-order valence-corrected chi connectivity index (χ4v) is 2.06. The average Bonchev–Trinajstić information content (AvgIpc) is 2.19. The Bertz CT molecular complexity index is 220. The molecule has 0 amide bonds. The molecule has 0 aromatic carbocycles. The number of hydrogen-bond donors (Lipinski definition) is 0. The van der Waals surface area contributed by atoms with Crippen molar-refractivity contribution in [1.82, 2.24) is 0 Å². The first kappa shape index (κ1) is 11.3. The Morgan fingerprint density at radius 3 is 2.71 bits per heavy atom. The second-order valence-corrected chi connectivity index (χ2v) is 4.25. The summed E-state index contributed by atoms with van der Waals surface area (Å²) in [4.78, 5) is 11.5. The van der Waals surface area contributed by atoms with Gasteiger partial charge in [0.15, 0.2) is 0 Å². The lowest BCUT2D eigenvalue weighted by Gasteiger charge is -2.27. The van der Waals surface area contributed by atoms with E-state index in [9.17, 15) is 4.79 Å². The van der Waals surface area contributed by atoms with Crippen LogP contribution in [0, 0.1) is 17.8 Å². The third-order valence-corrected chi connectivity index (χ3v) is 3.36. The molecule has 0 saturated heterocycles. The van der Waals surface area contributed by atoms with Crippen LogP contribution in [-0.2, 0) is 9.53 Å². The van der Waals surface area contributed by atoms with Gasteiger partial charge < -0.3 is 4.74 Å². The van der Waals surface area contributed by atoms with Gasteiger partial charge in [0.05, 0.1) is 13.0 Å². The highest BCUT2D eigenvalue weighted by molar-refractivity contribution is 5.72. The van der Waals surface area contributed by atoms with Crippen LogP contribution < -0.4 is 0 Å². The standard InChI is InChI=1S/C12H20O2/c1-9-7-5-4-6-8-11(10(9)2)12(13)14-3/h4-5,9-11H,6-8H2,1-3H3/t9-,10?,11?/m1/s1. The lowest BCUT2D eigenvalue weighted by Crippen LogP contribution is -2.28. The Hall–Kier alpha value is -0.790. The monoisotopic (exact) mass is 196 g/mol. The molecule has 0 spiro atoms. The minimum absolute atomic E-state index is 0.0420. The van der Waals surface area contributed by atoms with Crippen LogP contribution in [0.3, 0.4) is 0 Å². The van der Waals surface area contributed by atoms with Crippen molar-refractivity contribution in [1.29, 1.82) is 0 Å². The lowest BCUT2D eigenvalue weighted by molar-refractivity contribution is -0.148. The summed E-state index contributed by atoms with van der Waals surface area (Å²) < 4.78 is 4.84. The molecule has 0 N–H and O–H groups in total. The van der Waals surface area contributed by atoms with Gasteiger partial charge in [0.25, 0.3) is 0 Å². The Balaban J connectivity index is 2.71. The predicted octanol–water partition coefficient (Wildman–Crippen LogP) is 2.79. The molecule has 0 heterocycles. The molecule has 0 aromatic rings.